The molecule has 0 saturated carbocycles. The number of anilines is 2. The molecular weight excluding hydrogens is 324 g/mol. The van der Waals surface area contributed by atoms with Gasteiger partial charge in [0.1, 0.15) is 0 Å². The van der Waals surface area contributed by atoms with E-state index in [9.17, 15) is 13.2 Å². The van der Waals surface area contributed by atoms with Crippen LogP contribution in [0, 0.1) is 5.92 Å². The summed E-state index contributed by atoms with van der Waals surface area (Å²) in [5, 5.41) is 2.77. The van der Waals surface area contributed by atoms with Gasteiger partial charge in [0.2, 0.25) is 10.0 Å². The number of nitrogens with one attached hydrogen (secondary N) is 2. The molecule has 0 spiro atoms. The normalized spacial score (nSPS) is 11.3. The Balaban J connectivity index is 2.08. The molecule has 5 nitrogen and oxygen atoms in total. The zero-order valence-corrected chi connectivity index (χ0v) is 14.9. The second-order valence-corrected chi connectivity index (χ2v) is 7.95. The first-order chi connectivity index (χ1) is 11.2. The smallest absolute Gasteiger partial charge is 0.255 e. The van der Waals surface area contributed by atoms with Gasteiger partial charge >= 0.3 is 0 Å². The van der Waals surface area contributed by atoms with Crippen LogP contribution in [0.1, 0.15) is 29.8 Å². The molecule has 2 aromatic rings. The minimum Gasteiger partial charge on any atom is -0.322 e. The quantitative estimate of drug-likeness (QED) is 0.840. The van der Waals surface area contributed by atoms with Crippen LogP contribution < -0.4 is 10.0 Å². The maximum atomic E-state index is 12.3. The van der Waals surface area contributed by atoms with Gasteiger partial charge in [-0.15, -0.1) is 0 Å². The minimum atomic E-state index is -3.35. The Morgan fingerprint density at radius 1 is 1.04 bits per heavy atom. The molecule has 0 atom stereocenters. The zero-order valence-electron chi connectivity index (χ0n) is 14.0. The second-order valence-electron chi connectivity index (χ2n) is 6.20. The molecule has 0 aliphatic rings. The Morgan fingerprint density at radius 3 is 2.25 bits per heavy atom. The van der Waals surface area contributed by atoms with Crippen LogP contribution in [0.3, 0.4) is 0 Å². The molecule has 0 aliphatic heterocycles. The molecule has 0 aliphatic carbocycles. The summed E-state index contributed by atoms with van der Waals surface area (Å²) in [7, 11) is -3.35. The Kier molecular flexibility index (Phi) is 5.62. The van der Waals surface area contributed by atoms with Crippen molar-refractivity contribution in [1.82, 2.24) is 0 Å². The van der Waals surface area contributed by atoms with Crippen LogP contribution in [-0.4, -0.2) is 20.6 Å². The van der Waals surface area contributed by atoms with Crippen LogP contribution in [0.25, 0.3) is 0 Å². The van der Waals surface area contributed by atoms with Gasteiger partial charge in [-0.3, -0.25) is 9.52 Å². The number of hydrogen-bond donors (Lipinski definition) is 2. The summed E-state index contributed by atoms with van der Waals surface area (Å²) in [6.45, 7) is 4.30. The van der Waals surface area contributed by atoms with E-state index in [0.717, 1.165) is 12.7 Å². The van der Waals surface area contributed by atoms with Crippen LogP contribution in [0.5, 0.6) is 0 Å². The predicted molar refractivity (Wildman–Crippen MR) is 97.8 cm³/mol. The summed E-state index contributed by atoms with van der Waals surface area (Å²) < 4.78 is 24.9. The number of rotatable bonds is 6. The maximum Gasteiger partial charge on any atom is 0.255 e. The first kappa shape index (κ1) is 18.0. The summed E-state index contributed by atoms with van der Waals surface area (Å²) in [5.74, 6) is 0.331. The summed E-state index contributed by atoms with van der Waals surface area (Å²) in [6.07, 6.45) is 2.05. The van der Waals surface area contributed by atoms with E-state index >= 15 is 0 Å². The van der Waals surface area contributed by atoms with Crippen molar-refractivity contribution in [2.24, 2.45) is 5.92 Å². The molecule has 0 heterocycles. The van der Waals surface area contributed by atoms with Crippen LogP contribution in [0.4, 0.5) is 11.4 Å². The van der Waals surface area contributed by atoms with E-state index in [1.807, 2.05) is 12.1 Å². The van der Waals surface area contributed by atoms with E-state index in [4.69, 9.17) is 0 Å². The molecule has 0 unspecified atom stereocenters. The molecule has 2 aromatic carbocycles. The van der Waals surface area contributed by atoms with Crippen molar-refractivity contribution in [2.45, 2.75) is 20.3 Å². The van der Waals surface area contributed by atoms with Crippen molar-refractivity contribution in [3.05, 3.63) is 59.7 Å². The summed E-state index contributed by atoms with van der Waals surface area (Å²) in [5.41, 5.74) is 2.69. The second kappa shape index (κ2) is 7.49. The lowest BCUT2D eigenvalue weighted by Gasteiger charge is -2.09. The van der Waals surface area contributed by atoms with Crippen molar-refractivity contribution in [3.63, 3.8) is 0 Å². The third-order valence-electron chi connectivity index (χ3n) is 3.28. The fourth-order valence-electron chi connectivity index (χ4n) is 2.34. The average Bonchev–Trinajstić information content (AvgIpc) is 2.45. The topological polar surface area (TPSA) is 75.3 Å². The zero-order chi connectivity index (χ0) is 17.7. The Bertz CT molecular complexity index is 812. The number of hydrogen-bond acceptors (Lipinski definition) is 3. The van der Waals surface area contributed by atoms with E-state index < -0.39 is 10.0 Å². The van der Waals surface area contributed by atoms with Gasteiger partial charge < -0.3 is 5.32 Å². The lowest BCUT2D eigenvalue weighted by molar-refractivity contribution is 0.102. The van der Waals surface area contributed by atoms with Crippen molar-refractivity contribution in [2.75, 3.05) is 16.3 Å². The largest absolute Gasteiger partial charge is 0.322 e. The lowest BCUT2D eigenvalue weighted by atomic mass is 10.0. The van der Waals surface area contributed by atoms with Crippen LogP contribution >= 0.6 is 0 Å². The highest BCUT2D eigenvalue weighted by Crippen LogP contribution is 2.17. The fourth-order valence-corrected chi connectivity index (χ4v) is 2.90. The van der Waals surface area contributed by atoms with E-state index in [1.165, 1.54) is 5.56 Å². The van der Waals surface area contributed by atoms with Gasteiger partial charge in [0.25, 0.3) is 5.91 Å². The molecule has 6 heteroatoms. The molecule has 24 heavy (non-hydrogen) atoms. The van der Waals surface area contributed by atoms with Crippen LogP contribution in [0.2, 0.25) is 0 Å². The molecule has 0 fully saturated rings. The van der Waals surface area contributed by atoms with Gasteiger partial charge in [0, 0.05) is 11.3 Å². The third kappa shape index (κ3) is 5.70. The number of sulfonamides is 1. The highest BCUT2D eigenvalue weighted by atomic mass is 32.2. The Labute approximate surface area is 143 Å². The van der Waals surface area contributed by atoms with Crippen molar-refractivity contribution < 1.29 is 13.2 Å². The first-order valence-corrected chi connectivity index (χ1v) is 9.60. The Morgan fingerprint density at radius 2 is 1.67 bits per heavy atom. The van der Waals surface area contributed by atoms with Crippen molar-refractivity contribution in [3.8, 4) is 0 Å². The SMILES string of the molecule is CC(C)Cc1ccc(C(=O)Nc2cccc(NS(C)(=O)=O)c2)cc1. The molecular formula is C18H22N2O3S. The van der Waals surface area contributed by atoms with Gasteiger partial charge in [0.05, 0.1) is 11.9 Å². The monoisotopic (exact) mass is 346 g/mol. The maximum absolute atomic E-state index is 12.3. The standard InChI is InChI=1S/C18H22N2O3S/c1-13(2)11-14-7-9-15(10-8-14)18(21)19-16-5-4-6-17(12-16)20-24(3,22)23/h4-10,12-13,20H,11H2,1-3H3,(H,19,21). The number of amides is 1. The molecule has 1 amide bonds. The molecule has 0 saturated heterocycles. The third-order valence-corrected chi connectivity index (χ3v) is 3.89. The lowest BCUT2D eigenvalue weighted by Crippen LogP contribution is -2.13. The van der Waals surface area contributed by atoms with Gasteiger partial charge in [-0.05, 0) is 48.2 Å². The van der Waals surface area contributed by atoms with E-state index in [-0.39, 0.29) is 5.91 Å². The van der Waals surface area contributed by atoms with E-state index in [2.05, 4.69) is 23.9 Å². The van der Waals surface area contributed by atoms with Gasteiger partial charge in [-0.25, -0.2) is 8.42 Å². The molecule has 0 bridgehead atoms. The number of carbonyl (C=O) groups excluding carboxylic acids is 1. The highest BCUT2D eigenvalue weighted by molar-refractivity contribution is 7.92. The van der Waals surface area contributed by atoms with Crippen LogP contribution in [-0.2, 0) is 16.4 Å². The number of benzene rings is 2. The average molecular weight is 346 g/mol. The fraction of sp³-hybridized carbons (Fsp3) is 0.278. The van der Waals surface area contributed by atoms with Crippen molar-refractivity contribution >= 4 is 27.3 Å². The molecule has 0 aromatic heterocycles. The van der Waals surface area contributed by atoms with Gasteiger partial charge in [0.15, 0.2) is 0 Å². The molecule has 128 valence electrons. The summed E-state index contributed by atoms with van der Waals surface area (Å²) in [6, 6.07) is 14.1. The predicted octanol–water partition coefficient (Wildman–Crippen LogP) is 3.51. The molecule has 2 N–H and O–H groups in total. The van der Waals surface area contributed by atoms with E-state index in [0.29, 0.717) is 22.9 Å². The van der Waals surface area contributed by atoms with Crippen molar-refractivity contribution in [1.29, 1.82) is 0 Å². The summed E-state index contributed by atoms with van der Waals surface area (Å²) >= 11 is 0. The van der Waals surface area contributed by atoms with Gasteiger partial charge in [-0.1, -0.05) is 32.0 Å². The molecule has 2 rings (SSSR count). The summed E-state index contributed by atoms with van der Waals surface area (Å²) in [4.78, 5) is 12.3. The number of carbonyl (C=O) groups is 1. The minimum absolute atomic E-state index is 0.234. The Hall–Kier alpha value is -2.34. The molecule has 0 radical (unpaired) electrons. The van der Waals surface area contributed by atoms with E-state index in [1.54, 1.807) is 36.4 Å². The van der Waals surface area contributed by atoms with Gasteiger partial charge in [-0.2, -0.15) is 0 Å². The highest BCUT2D eigenvalue weighted by Gasteiger charge is 2.08. The van der Waals surface area contributed by atoms with Crippen LogP contribution in [0.15, 0.2) is 48.5 Å². The first-order valence-electron chi connectivity index (χ1n) is 7.71.